The van der Waals surface area contributed by atoms with Crippen LogP contribution in [0.5, 0.6) is 11.5 Å². The molecule has 0 aromatic heterocycles. The third-order valence-corrected chi connectivity index (χ3v) is 5.65. The molecule has 0 atom stereocenters. The Morgan fingerprint density at radius 2 is 1.93 bits per heavy atom. The lowest BCUT2D eigenvalue weighted by molar-refractivity contribution is -0.113. The summed E-state index contributed by atoms with van der Waals surface area (Å²) in [5.74, 6) is 2.03. The van der Waals surface area contributed by atoms with E-state index in [4.69, 9.17) is 21.1 Å². The molecule has 5 nitrogen and oxygen atoms in total. The Hall–Kier alpha value is -2.44. The number of carbonyl (C=O) groups is 1. The van der Waals surface area contributed by atoms with Gasteiger partial charge in [-0.15, -0.1) is 0 Å². The van der Waals surface area contributed by atoms with Gasteiger partial charge in [0, 0.05) is 5.75 Å². The molecule has 0 fully saturated rings. The number of hydrogen-bond donors (Lipinski definition) is 0. The van der Waals surface area contributed by atoms with E-state index in [-0.39, 0.29) is 12.0 Å². The lowest BCUT2D eigenvalue weighted by Gasteiger charge is -2.18. The Morgan fingerprint density at radius 3 is 2.53 bits per heavy atom. The van der Waals surface area contributed by atoms with Gasteiger partial charge in [0.05, 0.1) is 23.9 Å². The first-order valence-electron chi connectivity index (χ1n) is 9.80. The first-order valence-corrected chi connectivity index (χ1v) is 11.2. The Kier molecular flexibility index (Phi) is 7.45. The number of thioether (sulfide) groups is 1. The number of hydrogen-bond acceptors (Lipinski definition) is 5. The third-order valence-electron chi connectivity index (χ3n) is 4.21. The van der Waals surface area contributed by atoms with Crippen molar-refractivity contribution in [1.82, 2.24) is 0 Å². The molecule has 1 aliphatic rings. The van der Waals surface area contributed by atoms with Crippen LogP contribution in [0.25, 0.3) is 6.08 Å². The summed E-state index contributed by atoms with van der Waals surface area (Å²) in [6.07, 6.45) is 2.88. The van der Waals surface area contributed by atoms with Crippen molar-refractivity contribution in [3.8, 4) is 11.5 Å². The van der Waals surface area contributed by atoms with Crippen LogP contribution in [-0.4, -0.2) is 30.0 Å². The summed E-state index contributed by atoms with van der Waals surface area (Å²) >= 11 is 7.84. The van der Waals surface area contributed by atoms with Crippen LogP contribution in [0.2, 0.25) is 5.02 Å². The monoisotopic (exact) mass is 444 g/mol. The molecule has 0 aliphatic carbocycles. The van der Waals surface area contributed by atoms with E-state index in [0.717, 1.165) is 23.5 Å². The standard InChI is InChI=1S/C23H25ClN2O3S/c1-5-12-30-23-25-20(13-16-6-9-18(10-7-16)29-15(2)3)22(27)26(23)17-8-11-21(28-4)19(24)14-17/h6-11,13-15H,5,12H2,1-4H3/b20-13+. The van der Waals surface area contributed by atoms with Gasteiger partial charge >= 0.3 is 0 Å². The summed E-state index contributed by atoms with van der Waals surface area (Å²) < 4.78 is 10.9. The van der Waals surface area contributed by atoms with Crippen molar-refractivity contribution in [2.75, 3.05) is 17.8 Å². The van der Waals surface area contributed by atoms with Crippen LogP contribution in [0, 0.1) is 0 Å². The topological polar surface area (TPSA) is 51.1 Å². The molecule has 1 heterocycles. The number of halogens is 1. The summed E-state index contributed by atoms with van der Waals surface area (Å²) in [6, 6.07) is 12.9. The van der Waals surface area contributed by atoms with E-state index in [1.165, 1.54) is 0 Å². The average molecular weight is 445 g/mol. The Balaban J connectivity index is 1.91. The zero-order valence-electron chi connectivity index (χ0n) is 17.5. The minimum atomic E-state index is -0.183. The summed E-state index contributed by atoms with van der Waals surface area (Å²) in [4.78, 5) is 19.4. The highest BCUT2D eigenvalue weighted by molar-refractivity contribution is 8.14. The smallest absolute Gasteiger partial charge is 0.283 e. The number of rotatable bonds is 7. The molecule has 2 aromatic carbocycles. The van der Waals surface area contributed by atoms with Crippen molar-refractivity contribution in [2.24, 2.45) is 4.99 Å². The first-order chi connectivity index (χ1) is 14.4. The average Bonchev–Trinajstić information content (AvgIpc) is 3.02. The summed E-state index contributed by atoms with van der Waals surface area (Å²) in [5, 5.41) is 1.09. The number of amides is 1. The number of methoxy groups -OCH3 is 1. The molecule has 1 aliphatic heterocycles. The maximum Gasteiger partial charge on any atom is 0.283 e. The Morgan fingerprint density at radius 1 is 1.20 bits per heavy atom. The van der Waals surface area contributed by atoms with Gasteiger partial charge in [-0.05, 0) is 62.2 Å². The van der Waals surface area contributed by atoms with E-state index < -0.39 is 0 Å². The summed E-state index contributed by atoms with van der Waals surface area (Å²) in [6.45, 7) is 6.06. The van der Waals surface area contributed by atoms with Crippen LogP contribution in [0.1, 0.15) is 32.8 Å². The highest BCUT2D eigenvalue weighted by atomic mass is 35.5. The number of benzene rings is 2. The van der Waals surface area contributed by atoms with Crippen LogP contribution in [-0.2, 0) is 4.79 Å². The van der Waals surface area contributed by atoms with Crippen molar-refractivity contribution in [3.05, 3.63) is 58.7 Å². The fraction of sp³-hybridized carbons (Fsp3) is 0.304. The molecule has 0 saturated heterocycles. The first kappa shape index (κ1) is 22.2. The largest absolute Gasteiger partial charge is 0.495 e. The van der Waals surface area contributed by atoms with Crippen LogP contribution in [0.15, 0.2) is 53.2 Å². The predicted octanol–water partition coefficient (Wildman–Crippen LogP) is 6.02. The molecule has 30 heavy (non-hydrogen) atoms. The van der Waals surface area contributed by atoms with Crippen molar-refractivity contribution in [3.63, 3.8) is 0 Å². The fourth-order valence-electron chi connectivity index (χ4n) is 2.88. The highest BCUT2D eigenvalue weighted by Gasteiger charge is 2.32. The number of amidine groups is 1. The van der Waals surface area contributed by atoms with Crippen LogP contribution in [0.4, 0.5) is 5.69 Å². The molecule has 0 radical (unpaired) electrons. The minimum Gasteiger partial charge on any atom is -0.495 e. The Bertz CT molecular complexity index is 971. The van der Waals surface area contributed by atoms with Crippen LogP contribution < -0.4 is 14.4 Å². The second-order valence-electron chi connectivity index (χ2n) is 6.97. The van der Waals surface area contributed by atoms with Crippen molar-refractivity contribution in [1.29, 1.82) is 0 Å². The summed E-state index contributed by atoms with van der Waals surface area (Å²) in [7, 11) is 1.56. The molecular weight excluding hydrogens is 420 g/mol. The molecule has 2 aromatic rings. The highest BCUT2D eigenvalue weighted by Crippen LogP contribution is 2.34. The van der Waals surface area contributed by atoms with Gasteiger partial charge in [-0.25, -0.2) is 4.99 Å². The van der Waals surface area contributed by atoms with Gasteiger partial charge in [0.15, 0.2) is 5.17 Å². The van der Waals surface area contributed by atoms with Gasteiger partial charge in [0.1, 0.15) is 17.2 Å². The van der Waals surface area contributed by atoms with E-state index in [0.29, 0.717) is 27.3 Å². The minimum absolute atomic E-state index is 0.109. The lowest BCUT2D eigenvalue weighted by Crippen LogP contribution is -2.30. The van der Waals surface area contributed by atoms with E-state index in [1.807, 2.05) is 44.2 Å². The lowest BCUT2D eigenvalue weighted by atomic mass is 10.2. The number of anilines is 1. The normalized spacial score (nSPS) is 15.1. The maximum absolute atomic E-state index is 13.2. The van der Waals surface area contributed by atoms with Crippen molar-refractivity contribution < 1.29 is 14.3 Å². The van der Waals surface area contributed by atoms with Gasteiger partial charge in [-0.1, -0.05) is 42.4 Å². The van der Waals surface area contributed by atoms with E-state index >= 15 is 0 Å². The number of nitrogens with zero attached hydrogens (tertiary/aromatic N) is 2. The molecule has 1 amide bonds. The van der Waals surface area contributed by atoms with Crippen molar-refractivity contribution in [2.45, 2.75) is 33.3 Å². The molecule has 3 rings (SSSR count). The second-order valence-corrected chi connectivity index (χ2v) is 8.44. The van der Waals surface area contributed by atoms with E-state index in [2.05, 4.69) is 11.9 Å². The van der Waals surface area contributed by atoms with E-state index in [1.54, 1.807) is 42.0 Å². The Labute approximate surface area is 186 Å². The number of carbonyl (C=O) groups excluding carboxylic acids is 1. The zero-order valence-corrected chi connectivity index (χ0v) is 19.1. The molecular formula is C23H25ClN2O3S. The zero-order chi connectivity index (χ0) is 21.7. The quantitative estimate of drug-likeness (QED) is 0.490. The predicted molar refractivity (Wildman–Crippen MR) is 126 cm³/mol. The van der Waals surface area contributed by atoms with Crippen LogP contribution >= 0.6 is 23.4 Å². The number of ether oxygens (including phenoxy) is 2. The third kappa shape index (κ3) is 5.18. The van der Waals surface area contributed by atoms with Gasteiger partial charge < -0.3 is 9.47 Å². The fourth-order valence-corrected chi connectivity index (χ4v) is 4.00. The SMILES string of the molecule is CCCSC1=N/C(=C/c2ccc(OC(C)C)cc2)C(=O)N1c1ccc(OC)c(Cl)c1. The molecule has 158 valence electrons. The van der Waals surface area contributed by atoms with Gasteiger partial charge in [0.25, 0.3) is 5.91 Å². The van der Waals surface area contributed by atoms with Gasteiger partial charge in [-0.2, -0.15) is 0 Å². The maximum atomic E-state index is 13.2. The second kappa shape index (κ2) is 10.0. The molecule has 0 spiro atoms. The number of aliphatic imine (C=N–C) groups is 1. The van der Waals surface area contributed by atoms with Crippen molar-refractivity contribution >= 4 is 46.2 Å². The molecule has 0 N–H and O–H groups in total. The van der Waals surface area contributed by atoms with E-state index in [9.17, 15) is 4.79 Å². The van der Waals surface area contributed by atoms with Gasteiger partial charge in [-0.3, -0.25) is 9.69 Å². The molecule has 7 heteroatoms. The molecule has 0 unspecified atom stereocenters. The molecule has 0 bridgehead atoms. The summed E-state index contributed by atoms with van der Waals surface area (Å²) in [5.41, 5.74) is 1.93. The molecule has 0 saturated carbocycles. The van der Waals surface area contributed by atoms with Crippen LogP contribution in [0.3, 0.4) is 0 Å². The van der Waals surface area contributed by atoms with Gasteiger partial charge in [0.2, 0.25) is 0 Å².